The van der Waals surface area contributed by atoms with Crippen LogP contribution in [0.4, 0.5) is 9.18 Å². The first-order chi connectivity index (χ1) is 14.9. The van der Waals surface area contributed by atoms with Gasteiger partial charge < -0.3 is 14.8 Å². The first-order valence-electron chi connectivity index (χ1n) is 11.1. The number of piperidine rings is 3. The SMILES string of the molecule is CC1(C)COc2cc(-c3ccc(F)cc3)ccc2C1NC(=O)O[C@H]1CN2CCC1CC2. The molecular weight excluding hydrogens is 395 g/mol. The minimum Gasteiger partial charge on any atom is -0.493 e. The molecule has 0 saturated carbocycles. The van der Waals surface area contributed by atoms with Gasteiger partial charge in [0.05, 0.1) is 12.6 Å². The number of nitrogens with zero attached hydrogens (tertiary/aromatic N) is 1. The summed E-state index contributed by atoms with van der Waals surface area (Å²) in [6.45, 7) is 7.72. The first-order valence-corrected chi connectivity index (χ1v) is 11.1. The van der Waals surface area contributed by atoms with E-state index >= 15 is 0 Å². The fourth-order valence-corrected chi connectivity index (χ4v) is 5.09. The molecule has 6 heteroatoms. The second-order valence-electron chi connectivity index (χ2n) is 9.70. The highest BCUT2D eigenvalue weighted by molar-refractivity contribution is 5.70. The Morgan fingerprint density at radius 3 is 2.52 bits per heavy atom. The van der Waals surface area contributed by atoms with Gasteiger partial charge in [-0.25, -0.2) is 9.18 Å². The number of benzene rings is 2. The van der Waals surface area contributed by atoms with Gasteiger partial charge in [0.15, 0.2) is 0 Å². The average molecular weight is 425 g/mol. The molecular formula is C25H29FN2O3. The third kappa shape index (κ3) is 4.01. The molecule has 4 aliphatic rings. The van der Waals surface area contributed by atoms with E-state index in [1.165, 1.54) is 12.1 Å². The third-order valence-corrected chi connectivity index (χ3v) is 7.00. The quantitative estimate of drug-likeness (QED) is 0.771. The van der Waals surface area contributed by atoms with Crippen LogP contribution in [-0.4, -0.2) is 43.3 Å². The Morgan fingerprint density at radius 2 is 1.84 bits per heavy atom. The smallest absolute Gasteiger partial charge is 0.407 e. The van der Waals surface area contributed by atoms with Crippen LogP contribution >= 0.6 is 0 Å². The van der Waals surface area contributed by atoms with Gasteiger partial charge >= 0.3 is 6.09 Å². The van der Waals surface area contributed by atoms with Gasteiger partial charge in [0, 0.05) is 17.5 Å². The average Bonchev–Trinajstić information content (AvgIpc) is 2.77. The van der Waals surface area contributed by atoms with Crippen LogP contribution in [0.5, 0.6) is 5.75 Å². The second kappa shape index (κ2) is 7.83. The van der Waals surface area contributed by atoms with Gasteiger partial charge in [-0.3, -0.25) is 4.90 Å². The Morgan fingerprint density at radius 1 is 1.13 bits per heavy atom. The van der Waals surface area contributed by atoms with Crippen molar-refractivity contribution in [2.24, 2.45) is 11.3 Å². The predicted octanol–water partition coefficient (Wildman–Crippen LogP) is 4.77. The molecule has 4 heterocycles. The highest BCUT2D eigenvalue weighted by Gasteiger charge is 2.41. The van der Waals surface area contributed by atoms with Crippen LogP contribution in [-0.2, 0) is 4.74 Å². The van der Waals surface area contributed by atoms with Gasteiger partial charge in [-0.15, -0.1) is 0 Å². The summed E-state index contributed by atoms with van der Waals surface area (Å²) in [7, 11) is 0. The van der Waals surface area contributed by atoms with Crippen LogP contribution in [0.3, 0.4) is 0 Å². The maximum absolute atomic E-state index is 13.3. The van der Waals surface area contributed by atoms with Crippen LogP contribution in [0.2, 0.25) is 0 Å². The van der Waals surface area contributed by atoms with E-state index in [0.29, 0.717) is 12.5 Å². The zero-order valence-corrected chi connectivity index (χ0v) is 18.1. The molecule has 3 saturated heterocycles. The molecule has 5 nitrogen and oxygen atoms in total. The summed E-state index contributed by atoms with van der Waals surface area (Å²) in [6, 6.07) is 12.1. The van der Waals surface area contributed by atoms with E-state index in [2.05, 4.69) is 24.1 Å². The van der Waals surface area contributed by atoms with Crippen LogP contribution in [0.15, 0.2) is 42.5 Å². The van der Waals surface area contributed by atoms with Crippen LogP contribution in [0.25, 0.3) is 11.1 Å². The highest BCUT2D eigenvalue weighted by Crippen LogP contribution is 2.44. The molecule has 2 atom stereocenters. The summed E-state index contributed by atoms with van der Waals surface area (Å²) in [5, 5.41) is 3.13. The summed E-state index contributed by atoms with van der Waals surface area (Å²) in [5.41, 5.74) is 2.53. The van der Waals surface area contributed by atoms with Gasteiger partial charge in [-0.1, -0.05) is 38.1 Å². The van der Waals surface area contributed by atoms with Crippen molar-refractivity contribution in [1.82, 2.24) is 10.2 Å². The van der Waals surface area contributed by atoms with Crippen molar-refractivity contribution in [3.8, 4) is 16.9 Å². The lowest BCUT2D eigenvalue weighted by atomic mass is 9.78. The number of rotatable bonds is 3. The highest BCUT2D eigenvalue weighted by atomic mass is 19.1. The fourth-order valence-electron chi connectivity index (χ4n) is 5.09. The van der Waals surface area contributed by atoms with Crippen LogP contribution in [0, 0.1) is 17.2 Å². The maximum Gasteiger partial charge on any atom is 0.407 e. The number of halogens is 1. The third-order valence-electron chi connectivity index (χ3n) is 7.00. The molecule has 2 aromatic rings. The van der Waals surface area contributed by atoms with E-state index in [-0.39, 0.29) is 29.5 Å². The number of nitrogens with one attached hydrogen (secondary N) is 1. The Bertz CT molecular complexity index is 967. The Labute approximate surface area is 182 Å². The molecule has 0 spiro atoms. The van der Waals surface area contributed by atoms with Gasteiger partial charge in [-0.2, -0.15) is 0 Å². The Balaban J connectivity index is 1.35. The topological polar surface area (TPSA) is 50.8 Å². The molecule has 1 unspecified atom stereocenters. The zero-order chi connectivity index (χ0) is 21.6. The minimum absolute atomic E-state index is 0.0224. The number of hydrogen-bond donors (Lipinski definition) is 1. The zero-order valence-electron chi connectivity index (χ0n) is 18.1. The van der Waals surface area contributed by atoms with Crippen molar-refractivity contribution in [1.29, 1.82) is 0 Å². The fraction of sp³-hybridized carbons (Fsp3) is 0.480. The number of alkyl carbamates (subject to hydrolysis) is 1. The Hall–Kier alpha value is -2.60. The van der Waals surface area contributed by atoms with Gasteiger partial charge in [0.2, 0.25) is 0 Å². The van der Waals surface area contributed by atoms with Crippen molar-refractivity contribution >= 4 is 6.09 Å². The van der Waals surface area contributed by atoms with Crippen molar-refractivity contribution < 1.29 is 18.7 Å². The molecule has 6 rings (SSSR count). The molecule has 2 bridgehead atoms. The molecule has 1 amide bonds. The molecule has 4 aliphatic heterocycles. The van der Waals surface area contributed by atoms with Gasteiger partial charge in [0.1, 0.15) is 17.7 Å². The number of fused-ring (bicyclic) bond motifs is 4. The van der Waals surface area contributed by atoms with E-state index in [9.17, 15) is 9.18 Å². The van der Waals surface area contributed by atoms with E-state index in [4.69, 9.17) is 9.47 Å². The molecule has 3 fully saturated rings. The second-order valence-corrected chi connectivity index (χ2v) is 9.70. The monoisotopic (exact) mass is 424 g/mol. The molecule has 0 radical (unpaired) electrons. The van der Waals surface area contributed by atoms with E-state index in [1.807, 2.05) is 18.2 Å². The van der Waals surface area contributed by atoms with Crippen molar-refractivity contribution in [3.05, 3.63) is 53.8 Å². The molecule has 0 aromatic heterocycles. The van der Waals surface area contributed by atoms with Gasteiger partial charge in [-0.05, 0) is 61.2 Å². The van der Waals surface area contributed by atoms with Crippen molar-refractivity contribution in [3.63, 3.8) is 0 Å². The minimum atomic E-state index is -0.354. The van der Waals surface area contributed by atoms with Crippen molar-refractivity contribution in [2.75, 3.05) is 26.2 Å². The molecule has 2 aromatic carbocycles. The molecule has 1 N–H and O–H groups in total. The maximum atomic E-state index is 13.3. The van der Waals surface area contributed by atoms with Crippen LogP contribution < -0.4 is 10.1 Å². The summed E-state index contributed by atoms with van der Waals surface area (Å²) >= 11 is 0. The van der Waals surface area contributed by atoms with E-state index in [0.717, 1.165) is 54.9 Å². The normalized spacial score (nSPS) is 28.4. The first kappa shape index (κ1) is 20.3. The standard InChI is InChI=1S/C25H29FN2O3/c1-25(2)15-30-21-13-18(16-3-6-19(26)7-4-16)5-8-20(21)23(25)27-24(29)31-22-14-28-11-9-17(22)10-12-28/h3-8,13,17,22-23H,9-12,14-15H2,1-2H3,(H,27,29)/t22-,23?/m0/s1. The van der Waals surface area contributed by atoms with Crippen molar-refractivity contribution in [2.45, 2.75) is 38.8 Å². The lowest BCUT2D eigenvalue weighted by Gasteiger charge is -2.44. The Kier molecular flexibility index (Phi) is 5.13. The van der Waals surface area contributed by atoms with E-state index in [1.54, 1.807) is 12.1 Å². The summed E-state index contributed by atoms with van der Waals surface area (Å²) in [6.07, 6.45) is 1.84. The molecule has 31 heavy (non-hydrogen) atoms. The lowest BCUT2D eigenvalue weighted by molar-refractivity contribution is -0.0361. The lowest BCUT2D eigenvalue weighted by Crippen LogP contribution is -2.53. The number of carbonyl (C=O) groups excluding carboxylic acids is 1. The summed E-state index contributed by atoms with van der Waals surface area (Å²) < 4.78 is 25.2. The number of amides is 1. The number of ether oxygens (including phenoxy) is 2. The largest absolute Gasteiger partial charge is 0.493 e. The number of hydrogen-bond acceptors (Lipinski definition) is 4. The van der Waals surface area contributed by atoms with E-state index < -0.39 is 0 Å². The number of carbonyl (C=O) groups is 1. The predicted molar refractivity (Wildman–Crippen MR) is 116 cm³/mol. The summed E-state index contributed by atoms with van der Waals surface area (Å²) in [5.74, 6) is 0.962. The molecule has 0 aliphatic carbocycles. The molecule has 164 valence electrons. The van der Waals surface area contributed by atoms with Gasteiger partial charge in [0.25, 0.3) is 0 Å². The van der Waals surface area contributed by atoms with Crippen LogP contribution in [0.1, 0.15) is 38.3 Å². The summed E-state index contributed by atoms with van der Waals surface area (Å²) in [4.78, 5) is 15.2.